The van der Waals surface area contributed by atoms with Gasteiger partial charge in [-0.05, 0) is 19.4 Å². The van der Waals surface area contributed by atoms with Gasteiger partial charge in [0.2, 0.25) is 0 Å². The zero-order valence-electron chi connectivity index (χ0n) is 11.7. The van der Waals surface area contributed by atoms with Crippen molar-refractivity contribution in [3.63, 3.8) is 0 Å². The summed E-state index contributed by atoms with van der Waals surface area (Å²) in [6.07, 6.45) is -4.47. The predicted octanol–water partition coefficient (Wildman–Crippen LogP) is -0.121. The summed E-state index contributed by atoms with van der Waals surface area (Å²) >= 11 is 0. The number of rotatable bonds is 4. The van der Waals surface area contributed by atoms with E-state index in [2.05, 4.69) is 10.0 Å². The fraction of sp³-hybridized carbons (Fsp3) is 1.00. The molecule has 0 amide bonds. The van der Waals surface area contributed by atoms with Crippen molar-refractivity contribution in [1.29, 1.82) is 0 Å². The van der Waals surface area contributed by atoms with Crippen molar-refractivity contribution >= 4 is 10.1 Å². The van der Waals surface area contributed by atoms with Crippen LogP contribution >= 0.6 is 0 Å². The maximum absolute atomic E-state index is 11.4. The van der Waals surface area contributed by atoms with Crippen LogP contribution in [0.25, 0.3) is 10.4 Å². The summed E-state index contributed by atoms with van der Waals surface area (Å²) in [5.74, 6) is -1.01. The number of nitrogens with zero attached hydrogens (tertiary/aromatic N) is 3. The molecule has 0 aromatic heterocycles. The molecule has 0 saturated carbocycles. The molecule has 2 fully saturated rings. The third kappa shape index (κ3) is 3.83. The third-order valence-electron chi connectivity index (χ3n) is 3.05. The minimum absolute atomic E-state index is 0.186. The lowest BCUT2D eigenvalue weighted by Gasteiger charge is -2.38. The van der Waals surface area contributed by atoms with Gasteiger partial charge in [0.05, 0.1) is 18.9 Å². The molecule has 0 radical (unpaired) electrons. The lowest BCUT2D eigenvalue weighted by Crippen LogP contribution is -2.58. The van der Waals surface area contributed by atoms with Gasteiger partial charge in [0, 0.05) is 4.91 Å². The quantitative estimate of drug-likeness (QED) is 0.329. The Hall–Kier alpha value is -0.940. The SMILES string of the molecule is CC1(C)O[C@H]2O[C@H](CN=[N+]=[N-])[C@@H](O)[C@H](OS(C)(=O)=O)[C@H]2O1. The lowest BCUT2D eigenvalue weighted by molar-refractivity contribution is -0.243. The Morgan fingerprint density at radius 2 is 2.10 bits per heavy atom. The second-order valence-corrected chi connectivity index (χ2v) is 6.91. The van der Waals surface area contributed by atoms with Gasteiger partial charge in [-0.2, -0.15) is 8.42 Å². The molecule has 120 valence electrons. The van der Waals surface area contributed by atoms with Gasteiger partial charge in [-0.1, -0.05) is 5.11 Å². The summed E-state index contributed by atoms with van der Waals surface area (Å²) in [7, 11) is -3.83. The number of hydrogen-bond acceptors (Lipinski definition) is 8. The van der Waals surface area contributed by atoms with Crippen LogP contribution in [0.3, 0.4) is 0 Å². The summed E-state index contributed by atoms with van der Waals surface area (Å²) in [5.41, 5.74) is 8.34. The van der Waals surface area contributed by atoms with E-state index in [0.717, 1.165) is 6.26 Å². The molecular weight excluding hydrogens is 306 g/mol. The summed E-state index contributed by atoms with van der Waals surface area (Å²) < 4.78 is 44.1. The van der Waals surface area contributed by atoms with Crippen LogP contribution in [0.2, 0.25) is 0 Å². The van der Waals surface area contributed by atoms with Gasteiger partial charge in [-0.3, -0.25) is 4.18 Å². The molecule has 0 aromatic rings. The van der Waals surface area contributed by atoms with Crippen molar-refractivity contribution in [3.05, 3.63) is 10.4 Å². The first-order valence-corrected chi connectivity index (χ1v) is 8.03. The monoisotopic (exact) mass is 323 g/mol. The van der Waals surface area contributed by atoms with Gasteiger partial charge >= 0.3 is 0 Å². The molecule has 5 atom stereocenters. The summed E-state index contributed by atoms with van der Waals surface area (Å²) in [6, 6.07) is 0. The zero-order chi connectivity index (χ0) is 15.8. The van der Waals surface area contributed by atoms with E-state index in [1.807, 2.05) is 0 Å². The predicted molar refractivity (Wildman–Crippen MR) is 68.4 cm³/mol. The molecule has 2 saturated heterocycles. The van der Waals surface area contributed by atoms with Gasteiger partial charge in [0.1, 0.15) is 18.3 Å². The minimum atomic E-state index is -3.83. The number of fused-ring (bicyclic) bond motifs is 1. The second-order valence-electron chi connectivity index (χ2n) is 5.31. The Bertz CT molecular complexity index is 545. The van der Waals surface area contributed by atoms with E-state index < -0.39 is 46.6 Å². The number of azide groups is 1. The molecule has 11 heteroatoms. The van der Waals surface area contributed by atoms with Crippen LogP contribution in [0.5, 0.6) is 0 Å². The van der Waals surface area contributed by atoms with Crippen LogP contribution in [0.4, 0.5) is 0 Å². The summed E-state index contributed by atoms with van der Waals surface area (Å²) in [6.45, 7) is 3.07. The van der Waals surface area contributed by atoms with Crippen molar-refractivity contribution < 1.29 is 31.9 Å². The number of aliphatic hydroxyl groups excluding tert-OH is 1. The van der Waals surface area contributed by atoms with Gasteiger partial charge in [0.25, 0.3) is 10.1 Å². The maximum atomic E-state index is 11.4. The average molecular weight is 323 g/mol. The van der Waals surface area contributed by atoms with Crippen LogP contribution in [0.15, 0.2) is 5.11 Å². The highest BCUT2D eigenvalue weighted by Crippen LogP contribution is 2.37. The average Bonchev–Trinajstić information content (AvgIpc) is 2.64. The number of hydrogen-bond donors (Lipinski definition) is 1. The van der Waals surface area contributed by atoms with Crippen molar-refractivity contribution in [2.45, 2.75) is 50.3 Å². The molecule has 2 aliphatic rings. The van der Waals surface area contributed by atoms with Gasteiger partial charge in [0.15, 0.2) is 12.1 Å². The van der Waals surface area contributed by atoms with Gasteiger partial charge < -0.3 is 19.3 Å². The molecule has 0 aromatic carbocycles. The highest BCUT2D eigenvalue weighted by atomic mass is 32.2. The van der Waals surface area contributed by atoms with Crippen LogP contribution in [0.1, 0.15) is 13.8 Å². The van der Waals surface area contributed by atoms with Crippen LogP contribution in [0, 0.1) is 0 Å². The van der Waals surface area contributed by atoms with E-state index >= 15 is 0 Å². The molecule has 21 heavy (non-hydrogen) atoms. The summed E-state index contributed by atoms with van der Waals surface area (Å²) in [5, 5.41) is 13.5. The standard InChI is InChI=1S/C10H17N3O7S/c1-10(2)18-8-7(20-21(3,15)16)6(14)5(4-12-13-11)17-9(8)19-10/h5-9,14H,4H2,1-3H3/t5-,6-,7+,8-,9-/m1/s1. The Kier molecular flexibility index (Phi) is 4.45. The molecule has 0 unspecified atom stereocenters. The Balaban J connectivity index is 2.26. The summed E-state index contributed by atoms with van der Waals surface area (Å²) in [4.78, 5) is 2.58. The molecular formula is C10H17N3O7S. The Morgan fingerprint density at radius 3 is 2.67 bits per heavy atom. The fourth-order valence-electron chi connectivity index (χ4n) is 2.33. The maximum Gasteiger partial charge on any atom is 0.264 e. The Morgan fingerprint density at radius 1 is 1.43 bits per heavy atom. The van der Waals surface area contributed by atoms with Crippen LogP contribution in [-0.2, 0) is 28.5 Å². The van der Waals surface area contributed by atoms with Crippen molar-refractivity contribution in [2.75, 3.05) is 12.8 Å². The molecule has 0 aliphatic carbocycles. The van der Waals surface area contributed by atoms with Crippen molar-refractivity contribution in [1.82, 2.24) is 0 Å². The first kappa shape index (κ1) is 16.4. The smallest absolute Gasteiger partial charge is 0.264 e. The topological polar surface area (TPSA) is 140 Å². The van der Waals surface area contributed by atoms with Crippen LogP contribution < -0.4 is 0 Å². The molecule has 1 N–H and O–H groups in total. The van der Waals surface area contributed by atoms with E-state index in [1.165, 1.54) is 0 Å². The molecule has 10 nitrogen and oxygen atoms in total. The van der Waals surface area contributed by atoms with Gasteiger partial charge in [-0.25, -0.2) is 0 Å². The third-order valence-corrected chi connectivity index (χ3v) is 3.62. The first-order chi connectivity index (χ1) is 9.63. The lowest BCUT2D eigenvalue weighted by atomic mass is 9.99. The highest BCUT2D eigenvalue weighted by Gasteiger charge is 2.55. The minimum Gasteiger partial charge on any atom is -0.388 e. The van der Waals surface area contributed by atoms with Crippen molar-refractivity contribution in [2.24, 2.45) is 5.11 Å². The van der Waals surface area contributed by atoms with E-state index in [1.54, 1.807) is 13.8 Å². The zero-order valence-corrected chi connectivity index (χ0v) is 12.6. The molecule has 0 bridgehead atoms. The first-order valence-electron chi connectivity index (χ1n) is 6.21. The highest BCUT2D eigenvalue weighted by molar-refractivity contribution is 7.86. The number of ether oxygens (including phenoxy) is 3. The van der Waals surface area contributed by atoms with Gasteiger partial charge in [-0.15, -0.1) is 0 Å². The normalized spacial score (nSPS) is 38.6. The number of aliphatic hydroxyl groups is 1. The Labute approximate surface area is 121 Å². The molecule has 2 aliphatic heterocycles. The van der Waals surface area contributed by atoms with E-state index in [-0.39, 0.29) is 6.54 Å². The van der Waals surface area contributed by atoms with E-state index in [4.69, 9.17) is 23.9 Å². The molecule has 0 spiro atoms. The van der Waals surface area contributed by atoms with Crippen molar-refractivity contribution in [3.8, 4) is 0 Å². The van der Waals surface area contributed by atoms with E-state index in [0.29, 0.717) is 0 Å². The van der Waals surface area contributed by atoms with E-state index in [9.17, 15) is 13.5 Å². The second kappa shape index (κ2) is 5.69. The van der Waals surface area contributed by atoms with Crippen LogP contribution in [-0.4, -0.2) is 62.8 Å². The largest absolute Gasteiger partial charge is 0.388 e. The molecule has 2 heterocycles. The molecule has 2 rings (SSSR count). The fourth-order valence-corrected chi connectivity index (χ4v) is 2.95.